The number of benzene rings is 1. The molecule has 1 fully saturated rings. The van der Waals surface area contributed by atoms with Gasteiger partial charge in [0.2, 0.25) is 0 Å². The van der Waals surface area contributed by atoms with Crippen molar-refractivity contribution in [1.82, 2.24) is 4.90 Å². The van der Waals surface area contributed by atoms with Crippen molar-refractivity contribution in [1.29, 1.82) is 0 Å². The highest BCUT2D eigenvalue weighted by molar-refractivity contribution is 14.1. The van der Waals surface area contributed by atoms with Gasteiger partial charge in [-0.1, -0.05) is 0 Å². The molecule has 1 aromatic carbocycles. The van der Waals surface area contributed by atoms with E-state index in [9.17, 15) is 4.79 Å². The summed E-state index contributed by atoms with van der Waals surface area (Å²) in [6.45, 7) is 1.85. The predicted octanol–water partition coefficient (Wildman–Crippen LogP) is 2.15. The smallest absolute Gasteiger partial charge is 0.338 e. The molecule has 0 radical (unpaired) electrons. The second-order valence-corrected chi connectivity index (χ2v) is 5.33. The highest BCUT2D eigenvalue weighted by Crippen LogP contribution is 2.14. The molecule has 0 spiro atoms. The van der Waals surface area contributed by atoms with E-state index in [1.165, 1.54) is 0 Å². The van der Waals surface area contributed by atoms with Gasteiger partial charge in [-0.3, -0.25) is 0 Å². The zero-order valence-electron chi connectivity index (χ0n) is 9.15. The van der Waals surface area contributed by atoms with Crippen LogP contribution in [0.25, 0.3) is 0 Å². The third-order valence-electron chi connectivity index (χ3n) is 2.70. The molecule has 1 aliphatic heterocycles. The van der Waals surface area contributed by atoms with Crippen LogP contribution in [0.4, 0.5) is 0 Å². The van der Waals surface area contributed by atoms with Gasteiger partial charge in [0.1, 0.15) is 6.10 Å². The Hall–Kier alpha value is -0.620. The van der Waals surface area contributed by atoms with Crippen molar-refractivity contribution in [2.75, 3.05) is 20.1 Å². The van der Waals surface area contributed by atoms with E-state index in [2.05, 4.69) is 27.5 Å². The number of hydrogen-bond donors (Lipinski definition) is 0. The molecule has 0 N–H and O–H groups in total. The minimum atomic E-state index is -0.211. The number of ether oxygens (including phenoxy) is 1. The molecular weight excluding hydrogens is 317 g/mol. The van der Waals surface area contributed by atoms with Crippen molar-refractivity contribution in [3.05, 3.63) is 33.4 Å². The average Bonchev–Trinajstić information content (AvgIpc) is 2.65. The zero-order chi connectivity index (χ0) is 11.5. The van der Waals surface area contributed by atoms with E-state index < -0.39 is 0 Å². The molecule has 4 heteroatoms. The first-order valence-corrected chi connectivity index (χ1v) is 6.38. The Bertz CT molecular complexity index is 377. The summed E-state index contributed by atoms with van der Waals surface area (Å²) in [7, 11) is 2.04. The van der Waals surface area contributed by atoms with E-state index >= 15 is 0 Å². The Kier molecular flexibility index (Phi) is 3.81. The third kappa shape index (κ3) is 2.95. The van der Waals surface area contributed by atoms with Gasteiger partial charge in [0.25, 0.3) is 0 Å². The first kappa shape index (κ1) is 11.9. The molecule has 0 aliphatic carbocycles. The van der Waals surface area contributed by atoms with Crippen LogP contribution >= 0.6 is 22.6 Å². The fourth-order valence-electron chi connectivity index (χ4n) is 1.80. The van der Waals surface area contributed by atoms with Crippen LogP contribution in [0, 0.1) is 3.57 Å². The SMILES string of the molecule is CN1CC[C@@H](OC(=O)c2ccc(I)cc2)C1. The molecule has 0 saturated carbocycles. The highest BCUT2D eigenvalue weighted by Gasteiger charge is 2.23. The molecule has 1 atom stereocenters. The quantitative estimate of drug-likeness (QED) is 0.614. The normalized spacial score (nSPS) is 21.0. The minimum absolute atomic E-state index is 0.0526. The number of rotatable bonds is 2. The average molecular weight is 331 g/mol. The summed E-state index contributed by atoms with van der Waals surface area (Å²) < 4.78 is 6.54. The Morgan fingerprint density at radius 3 is 2.69 bits per heavy atom. The molecule has 16 heavy (non-hydrogen) atoms. The molecule has 0 aromatic heterocycles. The first-order valence-electron chi connectivity index (χ1n) is 5.30. The lowest BCUT2D eigenvalue weighted by molar-refractivity contribution is 0.0327. The lowest BCUT2D eigenvalue weighted by Gasteiger charge is -2.12. The van der Waals surface area contributed by atoms with Gasteiger partial charge in [-0.15, -0.1) is 0 Å². The number of likely N-dealkylation sites (tertiary alicyclic amines) is 1. The van der Waals surface area contributed by atoms with Crippen LogP contribution in [0.2, 0.25) is 0 Å². The maximum absolute atomic E-state index is 11.8. The zero-order valence-corrected chi connectivity index (χ0v) is 11.3. The van der Waals surface area contributed by atoms with E-state index in [1.54, 1.807) is 0 Å². The molecular formula is C12H14INO2. The first-order chi connectivity index (χ1) is 7.65. The van der Waals surface area contributed by atoms with Crippen molar-refractivity contribution < 1.29 is 9.53 Å². The van der Waals surface area contributed by atoms with Crippen LogP contribution < -0.4 is 0 Å². The van der Waals surface area contributed by atoms with Crippen LogP contribution in [0.1, 0.15) is 16.8 Å². The van der Waals surface area contributed by atoms with Crippen molar-refractivity contribution in [3.8, 4) is 0 Å². The van der Waals surface area contributed by atoms with Crippen molar-refractivity contribution in [2.45, 2.75) is 12.5 Å². The van der Waals surface area contributed by atoms with Crippen molar-refractivity contribution in [3.63, 3.8) is 0 Å². The van der Waals surface area contributed by atoms with E-state index in [-0.39, 0.29) is 12.1 Å². The van der Waals surface area contributed by atoms with Gasteiger partial charge >= 0.3 is 5.97 Å². The van der Waals surface area contributed by atoms with E-state index in [4.69, 9.17) is 4.74 Å². The fourth-order valence-corrected chi connectivity index (χ4v) is 2.16. The van der Waals surface area contributed by atoms with Gasteiger partial charge < -0.3 is 9.64 Å². The molecule has 0 amide bonds. The van der Waals surface area contributed by atoms with Gasteiger partial charge in [-0.25, -0.2) is 4.79 Å². The maximum atomic E-state index is 11.8. The van der Waals surface area contributed by atoms with Crippen molar-refractivity contribution >= 4 is 28.6 Å². The Morgan fingerprint density at radius 1 is 1.44 bits per heavy atom. The molecule has 0 bridgehead atoms. The van der Waals surface area contributed by atoms with E-state index in [0.29, 0.717) is 5.56 Å². The van der Waals surface area contributed by atoms with E-state index in [1.807, 2.05) is 31.3 Å². The van der Waals surface area contributed by atoms with E-state index in [0.717, 1.165) is 23.1 Å². The van der Waals surface area contributed by atoms with Crippen LogP contribution in [0.3, 0.4) is 0 Å². The minimum Gasteiger partial charge on any atom is -0.457 e. The summed E-state index contributed by atoms with van der Waals surface area (Å²) >= 11 is 2.21. The molecule has 0 unspecified atom stereocenters. The third-order valence-corrected chi connectivity index (χ3v) is 3.42. The highest BCUT2D eigenvalue weighted by atomic mass is 127. The molecule has 2 rings (SSSR count). The predicted molar refractivity (Wildman–Crippen MR) is 70.5 cm³/mol. The van der Waals surface area contributed by atoms with Gasteiger partial charge in [0.05, 0.1) is 5.56 Å². The Balaban J connectivity index is 1.95. The summed E-state index contributed by atoms with van der Waals surface area (Å²) in [6, 6.07) is 7.45. The largest absolute Gasteiger partial charge is 0.457 e. The molecule has 86 valence electrons. The summed E-state index contributed by atoms with van der Waals surface area (Å²) in [4.78, 5) is 13.9. The Labute approximate surface area is 109 Å². The summed E-state index contributed by atoms with van der Waals surface area (Å²) in [6.07, 6.45) is 0.990. The number of esters is 1. The maximum Gasteiger partial charge on any atom is 0.338 e. The summed E-state index contributed by atoms with van der Waals surface area (Å²) in [5.74, 6) is -0.211. The second-order valence-electron chi connectivity index (χ2n) is 4.09. The van der Waals surface area contributed by atoms with Gasteiger partial charge in [-0.2, -0.15) is 0 Å². The van der Waals surface area contributed by atoms with Crippen LogP contribution in [0.5, 0.6) is 0 Å². The lowest BCUT2D eigenvalue weighted by atomic mass is 10.2. The number of hydrogen-bond acceptors (Lipinski definition) is 3. The standard InChI is InChI=1S/C12H14INO2/c1-14-7-6-11(8-14)16-12(15)9-2-4-10(13)5-3-9/h2-5,11H,6-8H2,1H3/t11-/m1/s1. The van der Waals surface area contributed by atoms with Gasteiger partial charge in [0, 0.05) is 16.7 Å². The van der Waals surface area contributed by atoms with Crippen molar-refractivity contribution in [2.24, 2.45) is 0 Å². The summed E-state index contributed by atoms with van der Waals surface area (Å²) in [5.41, 5.74) is 0.634. The topological polar surface area (TPSA) is 29.5 Å². The van der Waals surface area contributed by atoms with Crippen LogP contribution in [-0.4, -0.2) is 37.1 Å². The number of likely N-dealkylation sites (N-methyl/N-ethyl adjacent to an activating group) is 1. The second kappa shape index (κ2) is 5.14. The molecule has 3 nitrogen and oxygen atoms in total. The molecule has 1 heterocycles. The monoisotopic (exact) mass is 331 g/mol. The molecule has 1 saturated heterocycles. The van der Waals surface area contributed by atoms with Crippen LogP contribution in [0.15, 0.2) is 24.3 Å². The molecule has 1 aromatic rings. The fraction of sp³-hybridized carbons (Fsp3) is 0.417. The molecule has 1 aliphatic rings. The summed E-state index contributed by atoms with van der Waals surface area (Å²) in [5, 5.41) is 0. The number of carbonyl (C=O) groups excluding carboxylic acids is 1. The van der Waals surface area contributed by atoms with Gasteiger partial charge in [-0.05, 0) is 60.3 Å². The lowest BCUT2D eigenvalue weighted by Crippen LogP contribution is -2.22. The van der Waals surface area contributed by atoms with Gasteiger partial charge in [0.15, 0.2) is 0 Å². The Morgan fingerprint density at radius 2 is 2.12 bits per heavy atom. The number of halogens is 1. The number of carbonyl (C=O) groups is 1. The number of nitrogens with zero attached hydrogens (tertiary/aromatic N) is 1. The van der Waals surface area contributed by atoms with Crippen LogP contribution in [-0.2, 0) is 4.74 Å².